The van der Waals surface area contributed by atoms with Crippen LogP contribution < -0.4 is 42.0 Å². The third kappa shape index (κ3) is 5.89. The Kier molecular flexibility index (Phi) is 10.7. The molecule has 0 saturated carbocycles. The topological polar surface area (TPSA) is 29.5 Å². The SMILES string of the molecule is CC(C)(O)Oc1ccc2ccccc2c1-c1cccc2ccccc12.[Cl-].[Cl-].[Cl-].[Ti+3]. The van der Waals surface area contributed by atoms with Crippen LogP contribution in [0.1, 0.15) is 13.8 Å². The van der Waals surface area contributed by atoms with Crippen molar-refractivity contribution in [3.8, 4) is 16.9 Å². The average molecular weight is 483 g/mol. The number of benzene rings is 4. The van der Waals surface area contributed by atoms with Crippen molar-refractivity contribution in [1.82, 2.24) is 0 Å². The third-order valence-corrected chi connectivity index (χ3v) is 4.31. The summed E-state index contributed by atoms with van der Waals surface area (Å²) in [5, 5.41) is 14.8. The van der Waals surface area contributed by atoms with Gasteiger partial charge in [-0.1, -0.05) is 72.8 Å². The van der Waals surface area contributed by atoms with Crippen LogP contribution in [0.4, 0.5) is 0 Å². The average Bonchev–Trinajstić information content (AvgIpc) is 2.60. The number of rotatable bonds is 3. The van der Waals surface area contributed by atoms with Gasteiger partial charge in [0.15, 0.2) is 0 Å². The molecule has 0 amide bonds. The van der Waals surface area contributed by atoms with Crippen molar-refractivity contribution in [3.05, 3.63) is 78.9 Å². The van der Waals surface area contributed by atoms with Crippen LogP contribution in [-0.2, 0) is 21.7 Å². The minimum atomic E-state index is -1.25. The monoisotopic (exact) mass is 481 g/mol. The zero-order valence-corrected chi connectivity index (χ0v) is 19.8. The van der Waals surface area contributed by atoms with Gasteiger partial charge in [0.1, 0.15) is 5.75 Å². The number of hydrogen-bond donors (Lipinski definition) is 1. The fourth-order valence-electron chi connectivity index (χ4n) is 3.33. The Morgan fingerprint density at radius 2 is 1.17 bits per heavy atom. The molecular weight excluding hydrogens is 462 g/mol. The normalized spacial score (nSPS) is 10.2. The van der Waals surface area contributed by atoms with Gasteiger partial charge in [0.25, 0.3) is 0 Å². The molecule has 1 radical (unpaired) electrons. The summed E-state index contributed by atoms with van der Waals surface area (Å²) in [4.78, 5) is 0. The largest absolute Gasteiger partial charge is 3.00 e. The molecule has 0 atom stereocenters. The second kappa shape index (κ2) is 11.2. The summed E-state index contributed by atoms with van der Waals surface area (Å²) in [5.74, 6) is -0.565. The first-order valence-corrected chi connectivity index (χ1v) is 8.44. The molecule has 0 unspecified atom stereocenters. The summed E-state index contributed by atoms with van der Waals surface area (Å²) in [6, 6.07) is 26.9. The number of fused-ring (bicyclic) bond motifs is 2. The van der Waals surface area contributed by atoms with E-state index in [1.54, 1.807) is 13.8 Å². The predicted molar refractivity (Wildman–Crippen MR) is 104 cm³/mol. The molecule has 4 aromatic carbocycles. The maximum atomic E-state index is 10.2. The second-order valence-corrected chi connectivity index (χ2v) is 6.74. The fourth-order valence-corrected chi connectivity index (χ4v) is 3.33. The van der Waals surface area contributed by atoms with Crippen molar-refractivity contribution in [2.24, 2.45) is 0 Å². The van der Waals surface area contributed by atoms with Crippen molar-refractivity contribution < 1.29 is 68.8 Å². The molecule has 0 saturated heterocycles. The van der Waals surface area contributed by atoms with Gasteiger partial charge < -0.3 is 47.1 Å². The van der Waals surface area contributed by atoms with Crippen molar-refractivity contribution >= 4 is 21.5 Å². The van der Waals surface area contributed by atoms with Gasteiger partial charge in [-0.05, 0) is 33.2 Å². The Morgan fingerprint density at radius 1 is 0.655 bits per heavy atom. The number of halogens is 3. The first-order chi connectivity index (χ1) is 12.0. The van der Waals surface area contributed by atoms with Crippen molar-refractivity contribution in [2.45, 2.75) is 19.6 Å². The molecule has 0 heterocycles. The second-order valence-electron chi connectivity index (χ2n) is 6.74. The van der Waals surface area contributed by atoms with Crippen LogP contribution in [0.15, 0.2) is 78.9 Å². The van der Waals surface area contributed by atoms with E-state index in [2.05, 4.69) is 42.5 Å². The zero-order valence-electron chi connectivity index (χ0n) is 16.0. The molecule has 0 aliphatic carbocycles. The minimum absolute atomic E-state index is 0. The maximum Gasteiger partial charge on any atom is 3.00 e. The molecule has 2 nitrogen and oxygen atoms in total. The summed E-state index contributed by atoms with van der Waals surface area (Å²) < 4.78 is 5.90. The summed E-state index contributed by atoms with van der Waals surface area (Å²) in [7, 11) is 0. The molecule has 4 rings (SSSR count). The zero-order chi connectivity index (χ0) is 17.4. The Hall–Kier alpha value is -1.26. The van der Waals surface area contributed by atoms with Crippen LogP contribution >= 0.6 is 0 Å². The van der Waals surface area contributed by atoms with Gasteiger partial charge in [-0.25, -0.2) is 0 Å². The number of ether oxygens (including phenoxy) is 1. The third-order valence-electron chi connectivity index (χ3n) is 4.31. The number of aliphatic hydroxyl groups is 1. The molecule has 0 fully saturated rings. The van der Waals surface area contributed by atoms with E-state index in [0.29, 0.717) is 5.75 Å². The fraction of sp³-hybridized carbons (Fsp3) is 0.130. The van der Waals surface area contributed by atoms with Gasteiger partial charge in [-0.15, -0.1) is 0 Å². The molecule has 149 valence electrons. The van der Waals surface area contributed by atoms with E-state index in [1.165, 1.54) is 10.8 Å². The summed E-state index contributed by atoms with van der Waals surface area (Å²) >= 11 is 0. The van der Waals surface area contributed by atoms with Gasteiger partial charge in [-0.3, -0.25) is 0 Å². The van der Waals surface area contributed by atoms with Crippen LogP contribution in [0.25, 0.3) is 32.7 Å². The first kappa shape index (κ1) is 27.7. The molecule has 6 heteroatoms. The van der Waals surface area contributed by atoms with E-state index < -0.39 is 5.79 Å². The van der Waals surface area contributed by atoms with Crippen LogP contribution in [0.5, 0.6) is 5.75 Å². The Balaban J connectivity index is 0.00000196. The van der Waals surface area contributed by atoms with Gasteiger partial charge >= 0.3 is 21.7 Å². The van der Waals surface area contributed by atoms with E-state index in [4.69, 9.17) is 4.74 Å². The Labute approximate surface area is 204 Å². The summed E-state index contributed by atoms with van der Waals surface area (Å²) in [6.07, 6.45) is 0. The van der Waals surface area contributed by atoms with E-state index >= 15 is 0 Å². The van der Waals surface area contributed by atoms with E-state index in [-0.39, 0.29) is 58.9 Å². The molecule has 0 aromatic heterocycles. The molecule has 4 aromatic rings. The van der Waals surface area contributed by atoms with Gasteiger partial charge in [0.2, 0.25) is 5.79 Å². The maximum absolute atomic E-state index is 10.2. The standard InChI is InChI=1S/C23H20O2.3ClH.Ti/c1-23(2,24)25-21-15-14-17-9-4-6-12-19(17)22(21)20-13-7-10-16-8-3-5-11-18(16)20;;;;/h3-15,24H,1-2H3;3*1H;/q;;;;+3/p-3. The first-order valence-electron chi connectivity index (χ1n) is 8.44. The van der Waals surface area contributed by atoms with Crippen LogP contribution in [0, 0.1) is 0 Å². The Bertz CT molecular complexity index is 1070. The van der Waals surface area contributed by atoms with Crippen LogP contribution in [-0.4, -0.2) is 10.9 Å². The molecular formula is C23H20Cl3O2Ti. The van der Waals surface area contributed by atoms with Gasteiger partial charge in [0.05, 0.1) is 0 Å². The van der Waals surface area contributed by atoms with E-state index in [1.807, 2.05) is 36.4 Å². The molecule has 0 spiro atoms. The van der Waals surface area contributed by atoms with Crippen LogP contribution in [0.3, 0.4) is 0 Å². The van der Waals surface area contributed by atoms with Crippen molar-refractivity contribution in [1.29, 1.82) is 0 Å². The quantitative estimate of drug-likeness (QED) is 0.246. The minimum Gasteiger partial charge on any atom is -1.00 e. The van der Waals surface area contributed by atoms with Crippen molar-refractivity contribution in [2.75, 3.05) is 0 Å². The molecule has 29 heavy (non-hydrogen) atoms. The smallest absolute Gasteiger partial charge is 1.00 e. The molecule has 0 bridgehead atoms. The molecule has 0 aliphatic heterocycles. The van der Waals surface area contributed by atoms with E-state index in [9.17, 15) is 5.11 Å². The molecule has 0 aliphatic rings. The van der Waals surface area contributed by atoms with Gasteiger partial charge in [0, 0.05) is 19.4 Å². The Morgan fingerprint density at radius 3 is 1.79 bits per heavy atom. The van der Waals surface area contributed by atoms with E-state index in [0.717, 1.165) is 21.9 Å². The predicted octanol–water partition coefficient (Wildman–Crippen LogP) is -3.22. The summed E-state index contributed by atoms with van der Waals surface area (Å²) in [5.41, 5.74) is 2.12. The van der Waals surface area contributed by atoms with Crippen LogP contribution in [0.2, 0.25) is 0 Å². The van der Waals surface area contributed by atoms with Gasteiger partial charge in [-0.2, -0.15) is 0 Å². The van der Waals surface area contributed by atoms with Crippen molar-refractivity contribution in [3.63, 3.8) is 0 Å². The summed E-state index contributed by atoms with van der Waals surface area (Å²) in [6.45, 7) is 3.30. The molecule has 1 N–H and O–H groups in total. The number of hydrogen-bond acceptors (Lipinski definition) is 2.